The van der Waals surface area contributed by atoms with E-state index in [2.05, 4.69) is 10.3 Å². The lowest BCUT2D eigenvalue weighted by molar-refractivity contribution is -0.137. The maximum atomic E-state index is 14.0. The molecule has 0 amide bonds. The number of carboxylic acid groups (broad SMARTS) is 1. The van der Waals surface area contributed by atoms with Gasteiger partial charge in [0.1, 0.15) is 29.7 Å². The molecule has 2 atom stereocenters. The molecule has 2 aliphatic rings. The van der Waals surface area contributed by atoms with Gasteiger partial charge < -0.3 is 19.9 Å². The molecule has 8 heteroatoms. The van der Waals surface area contributed by atoms with E-state index in [9.17, 15) is 9.18 Å². The van der Waals surface area contributed by atoms with Gasteiger partial charge in [-0.05, 0) is 31.2 Å². The van der Waals surface area contributed by atoms with E-state index in [1.54, 1.807) is 6.07 Å². The average molecular weight is 459 g/mol. The maximum Gasteiger partial charge on any atom is 0.304 e. The lowest BCUT2D eigenvalue weighted by Crippen LogP contribution is -2.11. The van der Waals surface area contributed by atoms with Crippen LogP contribution in [-0.2, 0) is 4.79 Å². The summed E-state index contributed by atoms with van der Waals surface area (Å²) in [5.74, 6) is 0.935. The van der Waals surface area contributed by atoms with Crippen molar-refractivity contribution >= 4 is 22.7 Å². The van der Waals surface area contributed by atoms with Crippen molar-refractivity contribution in [3.05, 3.63) is 77.4 Å². The van der Waals surface area contributed by atoms with Crippen LogP contribution in [-0.4, -0.2) is 33.8 Å². The van der Waals surface area contributed by atoms with Crippen molar-refractivity contribution in [2.45, 2.75) is 25.3 Å². The monoisotopic (exact) mass is 459 g/mol. The molecule has 2 aliphatic heterocycles. The number of halogens is 1. The van der Waals surface area contributed by atoms with Crippen LogP contribution >= 0.6 is 0 Å². The number of carboxylic acids is 1. The average Bonchev–Trinajstić information content (AvgIpc) is 3.48. The van der Waals surface area contributed by atoms with E-state index in [4.69, 9.17) is 14.6 Å². The third kappa shape index (κ3) is 3.34. The predicted molar refractivity (Wildman–Crippen MR) is 125 cm³/mol. The highest BCUT2D eigenvalue weighted by Crippen LogP contribution is 2.42. The molecule has 7 nitrogen and oxygen atoms in total. The molecule has 34 heavy (non-hydrogen) atoms. The van der Waals surface area contributed by atoms with Crippen LogP contribution in [0.4, 0.5) is 10.1 Å². The Kier molecular flexibility index (Phi) is 4.69. The zero-order valence-corrected chi connectivity index (χ0v) is 18.4. The molecule has 0 bridgehead atoms. The molecule has 2 N–H and O–H groups in total. The first-order chi connectivity index (χ1) is 16.5. The minimum atomic E-state index is -0.831. The van der Waals surface area contributed by atoms with Gasteiger partial charge in [-0.25, -0.2) is 9.37 Å². The number of benzene rings is 3. The standard InChI is InChI=1S/C26H22FN3O4/c1-14-28-20-8-5-16(27)10-23(20)30(14)22-4-2-3-19-21(13-34-26(19)22)29-17-6-7-18-15(9-25(31)32)12-33-24(18)11-17/h2-8,10-11,15,21,29H,9,12-13H2,1H3,(H,31,32)/t15-,21-/m1/s1. The molecular formula is C26H22FN3O4. The molecule has 1 aromatic heterocycles. The van der Waals surface area contributed by atoms with E-state index in [1.807, 2.05) is 47.9 Å². The van der Waals surface area contributed by atoms with Gasteiger partial charge in [-0.15, -0.1) is 0 Å². The summed E-state index contributed by atoms with van der Waals surface area (Å²) in [6, 6.07) is 16.2. The Labute approximate surface area is 194 Å². The zero-order chi connectivity index (χ0) is 23.4. The number of anilines is 1. The normalized spacial score (nSPS) is 18.3. The largest absolute Gasteiger partial charge is 0.493 e. The Balaban J connectivity index is 1.31. The van der Waals surface area contributed by atoms with Crippen molar-refractivity contribution < 1.29 is 23.8 Å². The summed E-state index contributed by atoms with van der Waals surface area (Å²) in [7, 11) is 0. The number of aromatic nitrogens is 2. The van der Waals surface area contributed by atoms with Crippen LogP contribution < -0.4 is 14.8 Å². The lowest BCUT2D eigenvalue weighted by atomic mass is 9.97. The fourth-order valence-electron chi connectivity index (χ4n) is 4.95. The lowest BCUT2D eigenvalue weighted by Gasteiger charge is -2.15. The summed E-state index contributed by atoms with van der Waals surface area (Å²) in [5.41, 5.74) is 5.03. The molecule has 0 saturated heterocycles. The van der Waals surface area contributed by atoms with Gasteiger partial charge in [0.15, 0.2) is 0 Å². The first-order valence-corrected chi connectivity index (χ1v) is 11.1. The van der Waals surface area contributed by atoms with Gasteiger partial charge in [-0.1, -0.05) is 18.2 Å². The third-order valence-electron chi connectivity index (χ3n) is 6.47. The number of aliphatic carboxylic acids is 1. The Morgan fingerprint density at radius 1 is 1.15 bits per heavy atom. The van der Waals surface area contributed by atoms with Crippen molar-refractivity contribution in [1.82, 2.24) is 9.55 Å². The summed E-state index contributed by atoms with van der Waals surface area (Å²) >= 11 is 0. The van der Waals surface area contributed by atoms with Gasteiger partial charge in [0.25, 0.3) is 0 Å². The van der Waals surface area contributed by atoms with E-state index >= 15 is 0 Å². The minimum absolute atomic E-state index is 0.0542. The SMILES string of the molecule is Cc1nc2ccc(F)cc2n1-c1cccc2c1OC[C@H]2Nc1ccc2c(c1)OC[C@H]2CC(=O)O. The number of imidazole rings is 1. The molecule has 4 aromatic rings. The Morgan fingerprint density at radius 2 is 2.03 bits per heavy atom. The summed E-state index contributed by atoms with van der Waals surface area (Å²) in [6.07, 6.45) is 0.0542. The molecule has 0 radical (unpaired) electrons. The van der Waals surface area contributed by atoms with E-state index in [0.29, 0.717) is 24.5 Å². The second kappa shape index (κ2) is 7.76. The topological polar surface area (TPSA) is 85.6 Å². The molecule has 172 valence electrons. The van der Waals surface area contributed by atoms with Gasteiger partial charge in [0, 0.05) is 34.9 Å². The third-order valence-corrected chi connectivity index (χ3v) is 6.47. The quantitative estimate of drug-likeness (QED) is 0.438. The number of ether oxygens (including phenoxy) is 2. The number of carbonyl (C=O) groups is 1. The molecule has 0 saturated carbocycles. The number of para-hydroxylation sites is 1. The van der Waals surface area contributed by atoms with Crippen LogP contribution in [0.15, 0.2) is 54.6 Å². The maximum absolute atomic E-state index is 14.0. The van der Waals surface area contributed by atoms with E-state index in [-0.39, 0.29) is 24.2 Å². The Bertz CT molecular complexity index is 1450. The van der Waals surface area contributed by atoms with Crippen molar-refractivity contribution in [2.24, 2.45) is 0 Å². The zero-order valence-electron chi connectivity index (χ0n) is 18.4. The Hall–Kier alpha value is -4.07. The highest BCUT2D eigenvalue weighted by Gasteiger charge is 2.30. The second-order valence-corrected chi connectivity index (χ2v) is 8.69. The molecule has 0 spiro atoms. The number of hydrogen-bond donors (Lipinski definition) is 2. The second-order valence-electron chi connectivity index (χ2n) is 8.69. The highest BCUT2D eigenvalue weighted by molar-refractivity contribution is 5.79. The van der Waals surface area contributed by atoms with Gasteiger partial charge in [-0.3, -0.25) is 9.36 Å². The molecule has 3 aromatic carbocycles. The fraction of sp³-hybridized carbons (Fsp3) is 0.231. The van der Waals surface area contributed by atoms with Crippen molar-refractivity contribution in [3.63, 3.8) is 0 Å². The first kappa shape index (κ1) is 20.5. The van der Waals surface area contributed by atoms with E-state index < -0.39 is 5.97 Å². The number of aryl methyl sites for hydroxylation is 1. The number of rotatable bonds is 5. The summed E-state index contributed by atoms with van der Waals surface area (Å²) in [6.45, 7) is 2.71. The van der Waals surface area contributed by atoms with Crippen LogP contribution in [0.5, 0.6) is 11.5 Å². The molecule has 0 unspecified atom stereocenters. The van der Waals surface area contributed by atoms with Crippen LogP contribution in [0.1, 0.15) is 35.3 Å². The Morgan fingerprint density at radius 3 is 2.88 bits per heavy atom. The van der Waals surface area contributed by atoms with E-state index in [1.165, 1.54) is 12.1 Å². The number of fused-ring (bicyclic) bond motifs is 3. The number of hydrogen-bond acceptors (Lipinski definition) is 5. The van der Waals surface area contributed by atoms with Crippen LogP contribution in [0.2, 0.25) is 0 Å². The van der Waals surface area contributed by atoms with Crippen LogP contribution in [0.25, 0.3) is 16.7 Å². The highest BCUT2D eigenvalue weighted by atomic mass is 19.1. The van der Waals surface area contributed by atoms with Crippen LogP contribution in [0, 0.1) is 12.7 Å². The number of nitrogens with zero attached hydrogens (tertiary/aromatic N) is 2. The number of nitrogens with one attached hydrogen (secondary N) is 1. The van der Waals surface area contributed by atoms with Crippen molar-refractivity contribution in [3.8, 4) is 17.2 Å². The predicted octanol–water partition coefficient (Wildman–Crippen LogP) is 4.97. The van der Waals surface area contributed by atoms with Crippen LogP contribution in [0.3, 0.4) is 0 Å². The van der Waals surface area contributed by atoms with Gasteiger partial charge >= 0.3 is 5.97 Å². The molecule has 6 rings (SSSR count). The molecule has 3 heterocycles. The fourth-order valence-corrected chi connectivity index (χ4v) is 4.95. The summed E-state index contributed by atoms with van der Waals surface area (Å²) in [4.78, 5) is 15.7. The van der Waals surface area contributed by atoms with Crippen molar-refractivity contribution in [2.75, 3.05) is 18.5 Å². The smallest absolute Gasteiger partial charge is 0.304 e. The molecular weight excluding hydrogens is 437 g/mol. The van der Waals surface area contributed by atoms with Gasteiger partial charge in [-0.2, -0.15) is 0 Å². The summed E-state index contributed by atoms with van der Waals surface area (Å²) < 4.78 is 27.8. The van der Waals surface area contributed by atoms with E-state index in [0.717, 1.165) is 39.6 Å². The van der Waals surface area contributed by atoms with Gasteiger partial charge in [0.05, 0.1) is 35.8 Å². The van der Waals surface area contributed by atoms with Gasteiger partial charge in [0.2, 0.25) is 0 Å². The first-order valence-electron chi connectivity index (χ1n) is 11.1. The molecule has 0 aliphatic carbocycles. The van der Waals surface area contributed by atoms with Crippen molar-refractivity contribution in [1.29, 1.82) is 0 Å². The summed E-state index contributed by atoms with van der Waals surface area (Å²) in [5, 5.41) is 12.6. The minimum Gasteiger partial charge on any atom is -0.493 e. The molecule has 0 fully saturated rings.